The Morgan fingerprint density at radius 1 is 0.556 bits per heavy atom. The molecule has 0 aromatic carbocycles. The number of hydrogen-bond donors (Lipinski definition) is 0. The third-order valence-electron chi connectivity index (χ3n) is 8.23. The van der Waals surface area contributed by atoms with Crippen LogP contribution in [0.3, 0.4) is 0 Å². The molecule has 0 spiro atoms. The number of carboxylic acids is 1. The molecule has 0 aliphatic heterocycles. The van der Waals surface area contributed by atoms with Crippen molar-refractivity contribution in [2.45, 2.75) is 135 Å². The number of nitrogens with zero attached hydrogens (tertiary/aromatic N) is 1. The van der Waals surface area contributed by atoms with Gasteiger partial charge in [-0.1, -0.05) is 124 Å². The largest absolute Gasteiger partial charge is 0.544 e. The summed E-state index contributed by atoms with van der Waals surface area (Å²) in [7, 11) is 5.35. The molecule has 0 aliphatic rings. The first-order valence-electron chi connectivity index (χ1n) is 20.3. The van der Waals surface area contributed by atoms with Crippen LogP contribution in [-0.2, 0) is 28.6 Å². The fourth-order valence-electron chi connectivity index (χ4n) is 5.13. The van der Waals surface area contributed by atoms with Crippen molar-refractivity contribution in [2.24, 2.45) is 0 Å². The van der Waals surface area contributed by atoms with E-state index in [0.29, 0.717) is 12.8 Å². The minimum absolute atomic E-state index is 0.00216. The van der Waals surface area contributed by atoms with Crippen molar-refractivity contribution in [3.05, 3.63) is 97.2 Å². The van der Waals surface area contributed by atoms with Crippen molar-refractivity contribution in [3.8, 4) is 0 Å². The van der Waals surface area contributed by atoms with Gasteiger partial charge in [0, 0.05) is 19.3 Å². The lowest BCUT2D eigenvalue weighted by Crippen LogP contribution is -2.55. The normalized spacial score (nSPS) is 14.0. The highest BCUT2D eigenvalue weighted by Gasteiger charge is 2.25. The van der Waals surface area contributed by atoms with Gasteiger partial charge in [0.2, 0.25) is 0 Å². The van der Waals surface area contributed by atoms with Gasteiger partial charge in [0.15, 0.2) is 6.10 Å². The van der Waals surface area contributed by atoms with Gasteiger partial charge in [-0.25, -0.2) is 0 Å². The van der Waals surface area contributed by atoms with Crippen molar-refractivity contribution < 1.29 is 38.2 Å². The van der Waals surface area contributed by atoms with Gasteiger partial charge in [-0.15, -0.1) is 0 Å². The Morgan fingerprint density at radius 3 is 1.50 bits per heavy atom. The van der Waals surface area contributed by atoms with Gasteiger partial charge in [-0.3, -0.25) is 9.59 Å². The molecule has 0 bridgehead atoms. The predicted octanol–water partition coefficient (Wildman–Crippen LogP) is 9.40. The SMILES string of the molecule is CC/C=C/C/C=C/C/C=C/C/C=C/C/C=C/C/C=C/CCCCCCC(=O)OCC(COCCC(C(=O)[O-])[N+](C)(C)C)OC(=O)CC/C=C/C/C=C/CC. The Labute approximate surface area is 328 Å². The van der Waals surface area contributed by atoms with E-state index < -0.39 is 24.1 Å². The number of quaternary nitrogens is 1. The number of hydrogen-bond acceptors (Lipinski definition) is 7. The summed E-state index contributed by atoms with van der Waals surface area (Å²) in [5.41, 5.74) is 0. The molecule has 2 unspecified atom stereocenters. The van der Waals surface area contributed by atoms with Crippen LogP contribution < -0.4 is 5.11 Å². The fraction of sp³-hybridized carbons (Fsp3) is 0.587. The molecular formula is C46H73NO7. The first kappa shape index (κ1) is 50.2. The molecule has 0 N–H and O–H groups in total. The number of likely N-dealkylation sites (N-methyl/N-ethyl adjacent to an activating group) is 1. The summed E-state index contributed by atoms with van der Waals surface area (Å²) in [6, 6.07) is -0.742. The summed E-state index contributed by atoms with van der Waals surface area (Å²) in [5, 5.41) is 11.6. The molecule has 8 nitrogen and oxygen atoms in total. The van der Waals surface area contributed by atoms with E-state index >= 15 is 0 Å². The van der Waals surface area contributed by atoms with Gasteiger partial charge in [-0.2, -0.15) is 0 Å². The van der Waals surface area contributed by atoms with Crippen LogP contribution in [0.25, 0.3) is 0 Å². The highest BCUT2D eigenvalue weighted by molar-refractivity contribution is 5.70. The Kier molecular flexibility index (Phi) is 33.7. The van der Waals surface area contributed by atoms with Crippen LogP contribution in [0.4, 0.5) is 0 Å². The molecule has 0 amide bonds. The molecule has 0 aliphatic carbocycles. The highest BCUT2D eigenvalue weighted by Crippen LogP contribution is 2.10. The van der Waals surface area contributed by atoms with Gasteiger partial charge >= 0.3 is 11.9 Å². The average Bonchev–Trinajstić information content (AvgIpc) is 3.12. The summed E-state index contributed by atoms with van der Waals surface area (Å²) < 4.78 is 16.9. The second-order valence-corrected chi connectivity index (χ2v) is 14.1. The molecule has 54 heavy (non-hydrogen) atoms. The number of esters is 2. The van der Waals surface area contributed by atoms with E-state index in [1.165, 1.54) is 0 Å². The van der Waals surface area contributed by atoms with Gasteiger partial charge in [0.1, 0.15) is 12.6 Å². The molecule has 0 fully saturated rings. The van der Waals surface area contributed by atoms with Gasteiger partial charge in [-0.05, 0) is 77.0 Å². The van der Waals surface area contributed by atoms with Crippen LogP contribution in [0.5, 0.6) is 0 Å². The Hall–Kier alpha value is -3.75. The highest BCUT2D eigenvalue weighted by atomic mass is 16.6. The number of carbonyl (C=O) groups is 3. The minimum atomic E-state index is -1.14. The Bertz CT molecular complexity index is 1200. The van der Waals surface area contributed by atoms with Gasteiger partial charge in [0.05, 0.1) is 40.3 Å². The molecule has 0 heterocycles. The number of ether oxygens (including phenoxy) is 3. The smallest absolute Gasteiger partial charge is 0.306 e. The predicted molar refractivity (Wildman–Crippen MR) is 221 cm³/mol. The first-order valence-corrected chi connectivity index (χ1v) is 20.3. The van der Waals surface area contributed by atoms with E-state index in [4.69, 9.17) is 14.2 Å². The summed E-state index contributed by atoms with van der Waals surface area (Å²) in [6.45, 7) is 4.27. The zero-order valence-electron chi connectivity index (χ0n) is 34.3. The number of carboxylic acid groups (broad SMARTS) is 1. The van der Waals surface area contributed by atoms with Crippen LogP contribution in [0, 0.1) is 0 Å². The lowest BCUT2D eigenvalue weighted by molar-refractivity contribution is -0.889. The zero-order chi connectivity index (χ0) is 40.0. The molecule has 304 valence electrons. The standard InChI is InChI=1S/C46H73NO7/c1-6-8-10-12-14-15-16-17-18-19-20-21-22-23-24-25-26-27-28-29-31-32-34-36-44(48)53-41-42(40-52-39-38-43(46(50)51)47(3,4)5)54-45(49)37-35-33-30-13-11-9-7-2/h8-11,14-15,17-18,20-21,23-24,26-27,30,33,42-43H,6-7,12-13,16,19,22,25,28-29,31-32,34-41H2,1-5H3/b10-8+,11-9+,15-14+,18-17+,21-20+,24-23+,27-26+,33-30+. The quantitative estimate of drug-likeness (QED) is 0.0280. The molecule has 0 aromatic rings. The topological polar surface area (TPSA) is 102 Å². The van der Waals surface area contributed by atoms with E-state index in [2.05, 4.69) is 98.9 Å². The number of allylic oxidation sites excluding steroid dienone is 16. The van der Waals surface area contributed by atoms with Crippen molar-refractivity contribution >= 4 is 17.9 Å². The number of aliphatic carboxylic acids is 1. The third-order valence-corrected chi connectivity index (χ3v) is 8.23. The molecule has 0 rings (SSSR count). The van der Waals surface area contributed by atoms with Crippen molar-refractivity contribution in [3.63, 3.8) is 0 Å². The van der Waals surface area contributed by atoms with E-state index in [1.807, 2.05) is 12.2 Å². The van der Waals surface area contributed by atoms with Crippen molar-refractivity contribution in [1.29, 1.82) is 0 Å². The summed E-state index contributed by atoms with van der Waals surface area (Å²) in [4.78, 5) is 36.5. The van der Waals surface area contributed by atoms with Crippen LogP contribution in [0.1, 0.15) is 123 Å². The molecular weight excluding hydrogens is 679 g/mol. The molecule has 2 atom stereocenters. The van der Waals surface area contributed by atoms with Crippen LogP contribution in [-0.4, -0.2) is 75.5 Å². The lowest BCUT2D eigenvalue weighted by Gasteiger charge is -2.34. The second-order valence-electron chi connectivity index (χ2n) is 14.1. The van der Waals surface area contributed by atoms with E-state index in [-0.39, 0.29) is 43.1 Å². The number of unbranched alkanes of at least 4 members (excludes halogenated alkanes) is 4. The van der Waals surface area contributed by atoms with E-state index in [1.54, 1.807) is 21.1 Å². The van der Waals surface area contributed by atoms with Gasteiger partial charge in [0.25, 0.3) is 0 Å². The number of carbonyl (C=O) groups excluding carboxylic acids is 3. The summed E-state index contributed by atoms with van der Waals surface area (Å²) in [6.07, 6.45) is 47.7. The monoisotopic (exact) mass is 752 g/mol. The van der Waals surface area contributed by atoms with Crippen LogP contribution in [0.15, 0.2) is 97.2 Å². The fourth-order valence-corrected chi connectivity index (χ4v) is 5.13. The average molecular weight is 752 g/mol. The molecule has 0 saturated heterocycles. The molecule has 0 aromatic heterocycles. The zero-order valence-corrected chi connectivity index (χ0v) is 34.3. The molecule has 0 radical (unpaired) electrons. The van der Waals surface area contributed by atoms with E-state index in [9.17, 15) is 19.5 Å². The third kappa shape index (κ3) is 34.0. The molecule has 0 saturated carbocycles. The first-order chi connectivity index (χ1) is 26.1. The van der Waals surface area contributed by atoms with Crippen molar-refractivity contribution in [2.75, 3.05) is 41.0 Å². The number of rotatable bonds is 34. The summed E-state index contributed by atoms with van der Waals surface area (Å²) in [5.74, 6) is -1.88. The maximum absolute atomic E-state index is 12.5. The van der Waals surface area contributed by atoms with Crippen LogP contribution in [0.2, 0.25) is 0 Å². The second kappa shape index (κ2) is 36.2. The Morgan fingerprint density at radius 2 is 1.02 bits per heavy atom. The molecule has 8 heteroatoms. The minimum Gasteiger partial charge on any atom is -0.544 e. The lowest BCUT2D eigenvalue weighted by atomic mass is 10.1. The Balaban J connectivity index is 4.32. The maximum Gasteiger partial charge on any atom is 0.306 e. The summed E-state index contributed by atoms with van der Waals surface area (Å²) >= 11 is 0. The van der Waals surface area contributed by atoms with Gasteiger partial charge < -0.3 is 28.6 Å². The maximum atomic E-state index is 12.5. The van der Waals surface area contributed by atoms with Crippen molar-refractivity contribution in [1.82, 2.24) is 0 Å². The van der Waals surface area contributed by atoms with Crippen LogP contribution >= 0.6 is 0 Å². The van der Waals surface area contributed by atoms with E-state index in [0.717, 1.165) is 83.5 Å².